The molecule has 0 amide bonds. The van der Waals surface area contributed by atoms with Crippen molar-refractivity contribution in [2.45, 2.75) is 38.2 Å². The summed E-state index contributed by atoms with van der Waals surface area (Å²) in [5.74, 6) is 1.48. The normalized spacial score (nSPS) is 31.8. The lowest BCUT2D eigenvalue weighted by atomic mass is 9.84. The molecule has 20 heavy (non-hydrogen) atoms. The maximum Gasteiger partial charge on any atom is 0.234 e. The number of rotatable bonds is 4. The number of aromatic nitrogens is 2. The van der Waals surface area contributed by atoms with Gasteiger partial charge in [-0.2, -0.15) is 4.98 Å². The second-order valence-electron chi connectivity index (χ2n) is 5.77. The fourth-order valence-corrected chi connectivity index (χ4v) is 3.11. The van der Waals surface area contributed by atoms with Crippen LogP contribution in [0.3, 0.4) is 0 Å². The molecule has 6 nitrogen and oxygen atoms in total. The van der Waals surface area contributed by atoms with Crippen molar-refractivity contribution in [2.24, 2.45) is 0 Å². The minimum atomic E-state index is -0.0514. The first kappa shape index (κ1) is 14.0. The highest BCUT2D eigenvalue weighted by Crippen LogP contribution is 2.33. The lowest BCUT2D eigenvalue weighted by Gasteiger charge is -2.30. The van der Waals surface area contributed by atoms with E-state index in [1.165, 1.54) is 0 Å². The summed E-state index contributed by atoms with van der Waals surface area (Å²) in [6, 6.07) is 0. The molecular formula is C14H24N4O2. The van der Waals surface area contributed by atoms with Crippen LogP contribution in [0.25, 0.3) is 0 Å². The second kappa shape index (κ2) is 5.79. The molecular weight excluding hydrogens is 256 g/mol. The quantitative estimate of drug-likeness (QED) is 0.891. The highest BCUT2D eigenvalue weighted by molar-refractivity contribution is 5.10. The molecule has 1 aromatic heterocycles. The number of ether oxygens (including phenoxy) is 1. The lowest BCUT2D eigenvalue weighted by Crippen LogP contribution is -2.38. The second-order valence-corrected chi connectivity index (χ2v) is 5.77. The van der Waals surface area contributed by atoms with Gasteiger partial charge in [-0.05, 0) is 25.9 Å². The van der Waals surface area contributed by atoms with Gasteiger partial charge in [-0.25, -0.2) is 0 Å². The topological polar surface area (TPSA) is 63.4 Å². The van der Waals surface area contributed by atoms with E-state index in [4.69, 9.17) is 9.26 Å². The molecule has 3 rings (SSSR count). The Morgan fingerprint density at radius 3 is 3.05 bits per heavy atom. The monoisotopic (exact) mass is 280 g/mol. The average Bonchev–Trinajstić information content (AvgIpc) is 3.17. The van der Waals surface area contributed by atoms with Crippen molar-refractivity contribution < 1.29 is 9.26 Å². The molecule has 1 aromatic rings. The van der Waals surface area contributed by atoms with Crippen molar-refractivity contribution in [1.82, 2.24) is 20.4 Å². The van der Waals surface area contributed by atoms with E-state index in [-0.39, 0.29) is 11.5 Å². The van der Waals surface area contributed by atoms with Crippen molar-refractivity contribution in [3.63, 3.8) is 0 Å². The molecule has 2 atom stereocenters. The summed E-state index contributed by atoms with van der Waals surface area (Å²) in [6.45, 7) is 9.92. The van der Waals surface area contributed by atoms with Crippen LogP contribution in [0.4, 0.5) is 0 Å². The Labute approximate surface area is 119 Å². The van der Waals surface area contributed by atoms with E-state index in [1.54, 1.807) is 0 Å². The summed E-state index contributed by atoms with van der Waals surface area (Å²) >= 11 is 0. The molecule has 2 fully saturated rings. The summed E-state index contributed by atoms with van der Waals surface area (Å²) in [6.07, 6.45) is 2.04. The zero-order valence-corrected chi connectivity index (χ0v) is 12.4. The molecule has 1 N–H and O–H groups in total. The smallest absolute Gasteiger partial charge is 0.234 e. The number of nitrogens with one attached hydrogen (secondary N) is 1. The molecule has 0 saturated carbocycles. The molecule has 0 spiro atoms. The van der Waals surface area contributed by atoms with Crippen LogP contribution in [-0.2, 0) is 10.2 Å². The highest BCUT2D eigenvalue weighted by atomic mass is 16.5. The number of hydrogen-bond acceptors (Lipinski definition) is 6. The van der Waals surface area contributed by atoms with Crippen molar-refractivity contribution >= 4 is 0 Å². The van der Waals surface area contributed by atoms with Crippen LogP contribution in [-0.4, -0.2) is 54.4 Å². The van der Waals surface area contributed by atoms with E-state index in [0.717, 1.165) is 58.1 Å². The van der Waals surface area contributed by atoms with Crippen LogP contribution in [0.2, 0.25) is 0 Å². The van der Waals surface area contributed by atoms with Crippen molar-refractivity contribution in [2.75, 3.05) is 39.3 Å². The third-order valence-electron chi connectivity index (χ3n) is 4.70. The first-order valence-electron chi connectivity index (χ1n) is 7.66. The van der Waals surface area contributed by atoms with Crippen LogP contribution in [0.15, 0.2) is 4.52 Å². The molecule has 0 bridgehead atoms. The fourth-order valence-electron chi connectivity index (χ4n) is 3.11. The third-order valence-corrected chi connectivity index (χ3v) is 4.70. The predicted octanol–water partition coefficient (Wildman–Crippen LogP) is 1.10. The zero-order chi connectivity index (χ0) is 14.0. The van der Waals surface area contributed by atoms with Crippen LogP contribution >= 0.6 is 0 Å². The van der Waals surface area contributed by atoms with E-state index >= 15 is 0 Å². The average molecular weight is 280 g/mol. The number of likely N-dealkylation sites (N-methyl/N-ethyl adjacent to an activating group) is 1. The molecule has 0 radical (unpaired) electrons. The Hall–Kier alpha value is -0.980. The maximum absolute atomic E-state index is 5.80. The van der Waals surface area contributed by atoms with E-state index in [9.17, 15) is 0 Å². The minimum absolute atomic E-state index is 0.0182. The number of hydrogen-bond donors (Lipinski definition) is 1. The van der Waals surface area contributed by atoms with Crippen LogP contribution in [0, 0.1) is 0 Å². The Morgan fingerprint density at radius 2 is 2.35 bits per heavy atom. The van der Waals surface area contributed by atoms with Gasteiger partial charge in [-0.3, -0.25) is 4.90 Å². The minimum Gasteiger partial charge on any atom is -0.367 e. The van der Waals surface area contributed by atoms with Gasteiger partial charge in [0.15, 0.2) is 0 Å². The largest absolute Gasteiger partial charge is 0.367 e. The summed E-state index contributed by atoms with van der Waals surface area (Å²) in [4.78, 5) is 7.02. The van der Waals surface area contributed by atoms with Crippen LogP contribution in [0.1, 0.15) is 44.5 Å². The highest BCUT2D eigenvalue weighted by Gasteiger charge is 2.40. The standard InChI is InChI=1S/C14H24N4O2/c1-3-14(5-6-15-10-14)13-16-12(17-20-13)11-9-18(4-2)7-8-19-11/h11,15H,3-10H2,1-2H3. The summed E-state index contributed by atoms with van der Waals surface area (Å²) in [5, 5.41) is 7.58. The van der Waals surface area contributed by atoms with Gasteiger partial charge < -0.3 is 14.6 Å². The molecule has 2 saturated heterocycles. The van der Waals surface area contributed by atoms with Gasteiger partial charge in [0.05, 0.1) is 12.0 Å². The molecule has 2 unspecified atom stereocenters. The molecule has 112 valence electrons. The zero-order valence-electron chi connectivity index (χ0n) is 12.4. The molecule has 2 aliphatic rings. The predicted molar refractivity (Wildman–Crippen MR) is 74.6 cm³/mol. The molecule has 0 aromatic carbocycles. The molecule has 2 aliphatic heterocycles. The van der Waals surface area contributed by atoms with Gasteiger partial charge in [0.1, 0.15) is 6.10 Å². The van der Waals surface area contributed by atoms with Crippen LogP contribution in [0.5, 0.6) is 0 Å². The van der Waals surface area contributed by atoms with E-state index in [2.05, 4.69) is 34.2 Å². The van der Waals surface area contributed by atoms with E-state index < -0.39 is 0 Å². The summed E-state index contributed by atoms with van der Waals surface area (Å²) in [5.41, 5.74) is 0.0182. The van der Waals surface area contributed by atoms with Crippen molar-refractivity contribution in [1.29, 1.82) is 0 Å². The Balaban J connectivity index is 1.76. The van der Waals surface area contributed by atoms with Gasteiger partial charge in [-0.15, -0.1) is 0 Å². The Bertz CT molecular complexity index is 442. The van der Waals surface area contributed by atoms with Crippen molar-refractivity contribution in [3.05, 3.63) is 11.7 Å². The molecule has 0 aliphatic carbocycles. The Morgan fingerprint density at radius 1 is 1.45 bits per heavy atom. The van der Waals surface area contributed by atoms with Gasteiger partial charge >= 0.3 is 0 Å². The number of morpholine rings is 1. The van der Waals surface area contributed by atoms with Gasteiger partial charge in [-0.1, -0.05) is 19.0 Å². The summed E-state index contributed by atoms with van der Waals surface area (Å²) in [7, 11) is 0. The third kappa shape index (κ3) is 2.47. The van der Waals surface area contributed by atoms with Crippen molar-refractivity contribution in [3.8, 4) is 0 Å². The first-order valence-corrected chi connectivity index (χ1v) is 7.66. The van der Waals surface area contributed by atoms with E-state index in [0.29, 0.717) is 5.82 Å². The van der Waals surface area contributed by atoms with Gasteiger partial charge in [0.25, 0.3) is 0 Å². The maximum atomic E-state index is 5.80. The lowest BCUT2D eigenvalue weighted by molar-refractivity contribution is -0.0334. The fraction of sp³-hybridized carbons (Fsp3) is 0.857. The SMILES string of the molecule is CCN1CCOC(c2noc(C3(CC)CCNC3)n2)C1. The summed E-state index contributed by atoms with van der Waals surface area (Å²) < 4.78 is 11.4. The molecule has 3 heterocycles. The van der Waals surface area contributed by atoms with Gasteiger partial charge in [0.2, 0.25) is 11.7 Å². The van der Waals surface area contributed by atoms with Gasteiger partial charge in [0, 0.05) is 19.6 Å². The number of nitrogens with zero attached hydrogens (tertiary/aromatic N) is 3. The molecule has 6 heteroatoms. The van der Waals surface area contributed by atoms with Crippen LogP contribution < -0.4 is 5.32 Å². The van der Waals surface area contributed by atoms with E-state index in [1.807, 2.05) is 0 Å². The first-order chi connectivity index (χ1) is 9.77. The Kier molecular flexibility index (Phi) is 4.05.